The van der Waals surface area contributed by atoms with Crippen LogP contribution in [0.5, 0.6) is 5.75 Å². The lowest BCUT2D eigenvalue weighted by Crippen LogP contribution is -2.24. The summed E-state index contributed by atoms with van der Waals surface area (Å²) in [6, 6.07) is 6.45. The maximum absolute atomic E-state index is 5.90. The summed E-state index contributed by atoms with van der Waals surface area (Å²) in [5.41, 5.74) is 3.44. The quantitative estimate of drug-likeness (QED) is 0.931. The van der Waals surface area contributed by atoms with Crippen molar-refractivity contribution in [2.24, 2.45) is 0 Å². The van der Waals surface area contributed by atoms with Gasteiger partial charge in [0.05, 0.1) is 36.3 Å². The molecule has 2 heterocycles. The first-order valence-electron chi connectivity index (χ1n) is 6.65. The van der Waals surface area contributed by atoms with Crippen LogP contribution < -0.4 is 10.1 Å². The van der Waals surface area contributed by atoms with Gasteiger partial charge in [0.25, 0.3) is 0 Å². The molecule has 0 radical (unpaired) electrons. The fourth-order valence-corrected chi connectivity index (χ4v) is 2.97. The standard InChI is InChI=1S/C14H17N3OS/c1-2-15-13(12-9-16-19-17-12)11-7-3-5-10-6-4-8-18-14(10)11/h3,5,7,9,13,15H,2,4,6,8H2,1H3. The summed E-state index contributed by atoms with van der Waals surface area (Å²) >= 11 is 1.25. The van der Waals surface area contributed by atoms with Gasteiger partial charge < -0.3 is 10.1 Å². The highest BCUT2D eigenvalue weighted by Gasteiger charge is 2.23. The highest BCUT2D eigenvalue weighted by atomic mass is 32.1. The van der Waals surface area contributed by atoms with Crippen molar-refractivity contribution >= 4 is 11.7 Å². The highest BCUT2D eigenvalue weighted by molar-refractivity contribution is 6.99. The predicted molar refractivity (Wildman–Crippen MR) is 75.7 cm³/mol. The van der Waals surface area contributed by atoms with Gasteiger partial charge in [0.15, 0.2) is 0 Å². The Balaban J connectivity index is 2.03. The SMILES string of the molecule is CCNC(c1cnsn1)c1cccc2c1OCCC2. The van der Waals surface area contributed by atoms with Crippen molar-refractivity contribution in [2.45, 2.75) is 25.8 Å². The van der Waals surface area contributed by atoms with Crippen molar-refractivity contribution in [1.29, 1.82) is 0 Å². The number of hydrogen-bond acceptors (Lipinski definition) is 5. The van der Waals surface area contributed by atoms with Gasteiger partial charge in [0.1, 0.15) is 5.75 Å². The third kappa shape index (κ3) is 2.48. The third-order valence-corrected chi connectivity index (χ3v) is 3.85. The van der Waals surface area contributed by atoms with Crippen LogP contribution >= 0.6 is 11.7 Å². The van der Waals surface area contributed by atoms with E-state index in [0.717, 1.165) is 37.4 Å². The molecule has 0 saturated heterocycles. The van der Waals surface area contributed by atoms with E-state index >= 15 is 0 Å². The summed E-state index contributed by atoms with van der Waals surface area (Å²) in [6.07, 6.45) is 4.03. The van der Waals surface area contributed by atoms with Gasteiger partial charge in [-0.3, -0.25) is 0 Å². The molecule has 0 spiro atoms. The second kappa shape index (κ2) is 5.67. The molecular weight excluding hydrogens is 258 g/mol. The number of rotatable bonds is 4. The van der Waals surface area contributed by atoms with Crippen LogP contribution in [0.2, 0.25) is 0 Å². The Morgan fingerprint density at radius 1 is 1.47 bits per heavy atom. The van der Waals surface area contributed by atoms with Crippen molar-refractivity contribution in [3.8, 4) is 5.75 Å². The number of nitrogens with zero attached hydrogens (tertiary/aromatic N) is 2. The molecule has 1 aromatic carbocycles. The number of aryl methyl sites for hydroxylation is 1. The monoisotopic (exact) mass is 275 g/mol. The molecule has 1 unspecified atom stereocenters. The first kappa shape index (κ1) is 12.6. The van der Waals surface area contributed by atoms with Gasteiger partial charge in [-0.05, 0) is 24.9 Å². The van der Waals surface area contributed by atoms with E-state index in [0.29, 0.717) is 0 Å². The summed E-state index contributed by atoms with van der Waals surface area (Å²) in [6.45, 7) is 3.78. The molecule has 1 aromatic heterocycles. The van der Waals surface area contributed by atoms with Crippen LogP contribution in [0.4, 0.5) is 0 Å². The number of para-hydroxylation sites is 1. The van der Waals surface area contributed by atoms with Crippen LogP contribution in [0.3, 0.4) is 0 Å². The maximum atomic E-state index is 5.90. The minimum Gasteiger partial charge on any atom is -0.493 e. The summed E-state index contributed by atoms with van der Waals surface area (Å²) in [4.78, 5) is 0. The molecule has 0 amide bonds. The van der Waals surface area contributed by atoms with Crippen LogP contribution in [0.15, 0.2) is 24.4 Å². The first-order chi connectivity index (χ1) is 9.40. The molecule has 19 heavy (non-hydrogen) atoms. The largest absolute Gasteiger partial charge is 0.493 e. The molecule has 3 rings (SSSR count). The molecule has 0 aliphatic carbocycles. The number of benzene rings is 1. The van der Waals surface area contributed by atoms with E-state index in [2.05, 4.69) is 39.2 Å². The second-order valence-electron chi connectivity index (χ2n) is 4.61. The Kier molecular flexibility index (Phi) is 3.75. The molecule has 0 bridgehead atoms. The average molecular weight is 275 g/mol. The zero-order chi connectivity index (χ0) is 13.1. The lowest BCUT2D eigenvalue weighted by Gasteiger charge is -2.24. The molecule has 1 atom stereocenters. The predicted octanol–water partition coefficient (Wildman–Crippen LogP) is 2.56. The summed E-state index contributed by atoms with van der Waals surface area (Å²) < 4.78 is 14.4. The molecule has 1 N–H and O–H groups in total. The molecule has 1 aliphatic heterocycles. The number of nitrogens with one attached hydrogen (secondary N) is 1. The lowest BCUT2D eigenvalue weighted by molar-refractivity contribution is 0.283. The minimum absolute atomic E-state index is 0.0665. The molecular formula is C14H17N3OS. The zero-order valence-corrected chi connectivity index (χ0v) is 11.7. The Hall–Kier alpha value is -1.46. The fraction of sp³-hybridized carbons (Fsp3) is 0.429. The van der Waals surface area contributed by atoms with E-state index in [1.807, 2.05) is 6.20 Å². The van der Waals surface area contributed by atoms with Crippen LogP contribution in [0, 0.1) is 0 Å². The molecule has 100 valence electrons. The zero-order valence-electron chi connectivity index (χ0n) is 10.9. The molecule has 0 fully saturated rings. The Morgan fingerprint density at radius 3 is 3.21 bits per heavy atom. The van der Waals surface area contributed by atoms with Crippen LogP contribution in [0.25, 0.3) is 0 Å². The van der Waals surface area contributed by atoms with Crippen LogP contribution in [-0.4, -0.2) is 21.9 Å². The van der Waals surface area contributed by atoms with E-state index < -0.39 is 0 Å². The van der Waals surface area contributed by atoms with Gasteiger partial charge in [-0.25, -0.2) is 0 Å². The van der Waals surface area contributed by atoms with Gasteiger partial charge in [0, 0.05) is 5.56 Å². The van der Waals surface area contributed by atoms with Gasteiger partial charge in [-0.2, -0.15) is 8.75 Å². The second-order valence-corrected chi connectivity index (χ2v) is 5.17. The van der Waals surface area contributed by atoms with E-state index in [1.54, 1.807) is 0 Å². The van der Waals surface area contributed by atoms with Crippen LogP contribution in [-0.2, 0) is 6.42 Å². The Bertz CT molecular complexity index is 542. The van der Waals surface area contributed by atoms with Gasteiger partial charge in [0.2, 0.25) is 0 Å². The third-order valence-electron chi connectivity index (χ3n) is 3.36. The van der Waals surface area contributed by atoms with Crippen molar-refractivity contribution < 1.29 is 4.74 Å². The maximum Gasteiger partial charge on any atom is 0.127 e. The van der Waals surface area contributed by atoms with Crippen molar-refractivity contribution in [2.75, 3.05) is 13.2 Å². The summed E-state index contributed by atoms with van der Waals surface area (Å²) in [5, 5.41) is 3.48. The van der Waals surface area contributed by atoms with E-state index in [-0.39, 0.29) is 6.04 Å². The molecule has 0 saturated carbocycles. The van der Waals surface area contributed by atoms with Crippen molar-refractivity contribution in [1.82, 2.24) is 14.1 Å². The van der Waals surface area contributed by atoms with Gasteiger partial charge in [-0.1, -0.05) is 25.1 Å². The van der Waals surface area contributed by atoms with E-state index in [9.17, 15) is 0 Å². The number of aromatic nitrogens is 2. The average Bonchev–Trinajstić information content (AvgIpc) is 2.98. The molecule has 5 heteroatoms. The Morgan fingerprint density at radius 2 is 2.42 bits per heavy atom. The van der Waals surface area contributed by atoms with Gasteiger partial charge >= 0.3 is 0 Å². The van der Waals surface area contributed by atoms with E-state index in [1.165, 1.54) is 22.9 Å². The van der Waals surface area contributed by atoms with Crippen LogP contribution in [0.1, 0.15) is 36.2 Å². The lowest BCUT2D eigenvalue weighted by atomic mass is 9.96. The summed E-state index contributed by atoms with van der Waals surface area (Å²) in [5.74, 6) is 1.03. The van der Waals surface area contributed by atoms with Crippen molar-refractivity contribution in [3.05, 3.63) is 41.2 Å². The smallest absolute Gasteiger partial charge is 0.127 e. The van der Waals surface area contributed by atoms with E-state index in [4.69, 9.17) is 4.74 Å². The molecule has 4 nitrogen and oxygen atoms in total. The number of hydrogen-bond donors (Lipinski definition) is 1. The number of ether oxygens (including phenoxy) is 1. The molecule has 1 aliphatic rings. The topological polar surface area (TPSA) is 47.0 Å². The molecule has 2 aromatic rings. The Labute approximate surface area is 117 Å². The number of fused-ring (bicyclic) bond motifs is 1. The van der Waals surface area contributed by atoms with Gasteiger partial charge in [-0.15, -0.1) is 0 Å². The highest BCUT2D eigenvalue weighted by Crippen LogP contribution is 2.35. The minimum atomic E-state index is 0.0665. The van der Waals surface area contributed by atoms with Crippen molar-refractivity contribution in [3.63, 3.8) is 0 Å². The summed E-state index contributed by atoms with van der Waals surface area (Å²) in [7, 11) is 0. The first-order valence-corrected chi connectivity index (χ1v) is 7.38. The normalized spacial score (nSPS) is 15.6. The fourth-order valence-electron chi connectivity index (χ4n) is 2.52.